The highest BCUT2D eigenvalue weighted by Gasteiger charge is 2.19. The van der Waals surface area contributed by atoms with Gasteiger partial charge in [-0.15, -0.1) is 0 Å². The molecule has 0 unspecified atom stereocenters. The molecule has 0 fully saturated rings. The summed E-state index contributed by atoms with van der Waals surface area (Å²) in [5.74, 6) is 0.504. The molecule has 0 aliphatic rings. The second-order valence-electron chi connectivity index (χ2n) is 3.84. The molecule has 2 aromatic carbocycles. The predicted molar refractivity (Wildman–Crippen MR) is 70.4 cm³/mol. The van der Waals surface area contributed by atoms with Crippen LogP contribution in [0.3, 0.4) is 0 Å². The predicted octanol–water partition coefficient (Wildman–Crippen LogP) is 3.18. The van der Waals surface area contributed by atoms with E-state index in [4.69, 9.17) is 9.47 Å². The summed E-state index contributed by atoms with van der Waals surface area (Å²) in [6.07, 6.45) is 0. The van der Waals surface area contributed by atoms with Crippen LogP contribution in [-0.2, 0) is 6.61 Å². The van der Waals surface area contributed by atoms with Crippen molar-refractivity contribution in [3.05, 3.63) is 64.2 Å². The molecule has 0 aliphatic carbocycles. The molecule has 98 valence electrons. The summed E-state index contributed by atoms with van der Waals surface area (Å²) in [4.78, 5) is 10.5. The molecule has 0 heterocycles. The van der Waals surface area contributed by atoms with Crippen molar-refractivity contribution >= 4 is 5.69 Å². The van der Waals surface area contributed by atoms with Gasteiger partial charge in [0, 0.05) is 6.07 Å². The first kappa shape index (κ1) is 12.9. The van der Waals surface area contributed by atoms with Gasteiger partial charge >= 0.3 is 5.69 Å². The normalized spacial score (nSPS) is 9.95. The Morgan fingerprint density at radius 1 is 1.11 bits per heavy atom. The minimum atomic E-state index is -0.483. The largest absolute Gasteiger partial charge is 0.493 e. The van der Waals surface area contributed by atoms with E-state index >= 15 is 0 Å². The Kier molecular flexibility index (Phi) is 3.97. The summed E-state index contributed by atoms with van der Waals surface area (Å²) in [7, 11) is 1.45. The van der Waals surface area contributed by atoms with Crippen molar-refractivity contribution in [2.24, 2.45) is 0 Å². The van der Waals surface area contributed by atoms with Crippen LogP contribution in [0.2, 0.25) is 0 Å². The van der Waals surface area contributed by atoms with E-state index in [2.05, 4.69) is 0 Å². The number of ether oxygens (including phenoxy) is 2. The molecular formula is C14H13NO4. The highest BCUT2D eigenvalue weighted by molar-refractivity contribution is 5.55. The van der Waals surface area contributed by atoms with E-state index in [-0.39, 0.29) is 18.0 Å². The lowest BCUT2D eigenvalue weighted by Gasteiger charge is -2.10. The maximum Gasteiger partial charge on any atom is 0.314 e. The van der Waals surface area contributed by atoms with Gasteiger partial charge in [-0.25, -0.2) is 0 Å². The Hall–Kier alpha value is -2.56. The number of nitro benzene ring substituents is 1. The molecule has 0 amide bonds. The number of nitro groups is 1. The van der Waals surface area contributed by atoms with Gasteiger partial charge in [-0.2, -0.15) is 0 Å². The van der Waals surface area contributed by atoms with E-state index in [1.165, 1.54) is 13.2 Å². The van der Waals surface area contributed by atoms with E-state index in [1.54, 1.807) is 12.1 Å². The van der Waals surface area contributed by atoms with Crippen molar-refractivity contribution in [2.45, 2.75) is 6.61 Å². The summed E-state index contributed by atoms with van der Waals surface area (Å²) in [5, 5.41) is 11.0. The number of hydrogen-bond donors (Lipinski definition) is 0. The van der Waals surface area contributed by atoms with Crippen molar-refractivity contribution < 1.29 is 14.4 Å². The van der Waals surface area contributed by atoms with Crippen molar-refractivity contribution in [1.82, 2.24) is 0 Å². The average molecular weight is 259 g/mol. The highest BCUT2D eigenvalue weighted by atomic mass is 16.6. The molecular weight excluding hydrogens is 246 g/mol. The lowest BCUT2D eigenvalue weighted by Crippen LogP contribution is -2.01. The summed E-state index contributed by atoms with van der Waals surface area (Å²) < 4.78 is 10.6. The van der Waals surface area contributed by atoms with Crippen LogP contribution in [0.5, 0.6) is 11.5 Å². The monoisotopic (exact) mass is 259 g/mol. The lowest BCUT2D eigenvalue weighted by molar-refractivity contribution is -0.386. The molecule has 0 atom stereocenters. The van der Waals surface area contributed by atoms with Crippen LogP contribution >= 0.6 is 0 Å². The number of benzene rings is 2. The molecule has 19 heavy (non-hydrogen) atoms. The maximum absolute atomic E-state index is 11.0. The van der Waals surface area contributed by atoms with Crippen molar-refractivity contribution in [1.29, 1.82) is 0 Å². The van der Waals surface area contributed by atoms with Gasteiger partial charge in [-0.1, -0.05) is 36.4 Å². The van der Waals surface area contributed by atoms with E-state index in [1.807, 2.05) is 30.3 Å². The van der Waals surface area contributed by atoms with Crippen LogP contribution in [0.25, 0.3) is 0 Å². The third kappa shape index (κ3) is 3.01. The molecule has 2 rings (SSSR count). The zero-order valence-electron chi connectivity index (χ0n) is 10.4. The standard InChI is InChI=1S/C14H13NO4/c1-18-13-9-5-8-12(15(16)17)14(13)19-10-11-6-3-2-4-7-11/h2-9H,10H2,1H3. The molecule has 5 nitrogen and oxygen atoms in total. The summed E-state index contributed by atoms with van der Waals surface area (Å²) in [5.41, 5.74) is 0.831. The molecule has 0 N–H and O–H groups in total. The maximum atomic E-state index is 11.0. The topological polar surface area (TPSA) is 61.6 Å². The Morgan fingerprint density at radius 3 is 2.47 bits per heavy atom. The number of nitrogens with zero attached hydrogens (tertiary/aromatic N) is 1. The highest BCUT2D eigenvalue weighted by Crippen LogP contribution is 2.36. The molecule has 5 heteroatoms. The second-order valence-corrected chi connectivity index (χ2v) is 3.84. The average Bonchev–Trinajstić information content (AvgIpc) is 2.45. The van der Waals surface area contributed by atoms with Crippen molar-refractivity contribution in [3.63, 3.8) is 0 Å². The number of methoxy groups -OCH3 is 1. The smallest absolute Gasteiger partial charge is 0.314 e. The quantitative estimate of drug-likeness (QED) is 0.611. The SMILES string of the molecule is COc1cccc([N+](=O)[O-])c1OCc1ccccc1. The summed E-state index contributed by atoms with van der Waals surface area (Å²) >= 11 is 0. The second kappa shape index (κ2) is 5.86. The molecule has 0 radical (unpaired) electrons. The first-order valence-corrected chi connectivity index (χ1v) is 5.70. The molecule has 0 saturated carbocycles. The first-order chi connectivity index (χ1) is 9.22. The third-order valence-electron chi connectivity index (χ3n) is 2.60. The zero-order chi connectivity index (χ0) is 13.7. The summed E-state index contributed by atoms with van der Waals surface area (Å²) in [6, 6.07) is 14.0. The van der Waals surface area contributed by atoms with Crippen LogP contribution in [0.1, 0.15) is 5.56 Å². The Bertz CT molecular complexity index is 569. The van der Waals surface area contributed by atoms with Crippen LogP contribution in [0.4, 0.5) is 5.69 Å². The molecule has 2 aromatic rings. The fraction of sp³-hybridized carbons (Fsp3) is 0.143. The fourth-order valence-corrected chi connectivity index (χ4v) is 1.68. The minimum absolute atomic E-state index is 0.102. The van der Waals surface area contributed by atoms with Crippen molar-refractivity contribution in [2.75, 3.05) is 7.11 Å². The van der Waals surface area contributed by atoms with Gasteiger partial charge in [-0.05, 0) is 11.6 Å². The molecule has 0 spiro atoms. The Labute approximate surface area is 110 Å². The van der Waals surface area contributed by atoms with Crippen molar-refractivity contribution in [3.8, 4) is 11.5 Å². The number of rotatable bonds is 5. The first-order valence-electron chi connectivity index (χ1n) is 5.70. The van der Waals surface area contributed by atoms with E-state index in [0.29, 0.717) is 5.75 Å². The number of para-hydroxylation sites is 1. The van der Waals surface area contributed by atoms with Crippen LogP contribution in [-0.4, -0.2) is 12.0 Å². The third-order valence-corrected chi connectivity index (χ3v) is 2.60. The van der Waals surface area contributed by atoms with E-state index in [0.717, 1.165) is 5.56 Å². The van der Waals surface area contributed by atoms with Gasteiger partial charge in [0.1, 0.15) is 6.61 Å². The van der Waals surface area contributed by atoms with Gasteiger partial charge in [0.25, 0.3) is 0 Å². The molecule has 0 aliphatic heterocycles. The van der Waals surface area contributed by atoms with Crippen LogP contribution < -0.4 is 9.47 Å². The molecule has 0 aromatic heterocycles. The number of hydrogen-bond acceptors (Lipinski definition) is 4. The van der Waals surface area contributed by atoms with Gasteiger partial charge in [-0.3, -0.25) is 10.1 Å². The summed E-state index contributed by atoms with van der Waals surface area (Å²) in [6.45, 7) is 0.252. The van der Waals surface area contributed by atoms with Gasteiger partial charge in [0.05, 0.1) is 12.0 Å². The van der Waals surface area contributed by atoms with E-state index in [9.17, 15) is 10.1 Å². The Morgan fingerprint density at radius 2 is 1.84 bits per heavy atom. The van der Waals surface area contributed by atoms with Gasteiger partial charge in [0.2, 0.25) is 5.75 Å². The fourth-order valence-electron chi connectivity index (χ4n) is 1.68. The molecule has 0 bridgehead atoms. The minimum Gasteiger partial charge on any atom is -0.493 e. The van der Waals surface area contributed by atoms with E-state index < -0.39 is 4.92 Å². The van der Waals surface area contributed by atoms with Gasteiger partial charge in [0.15, 0.2) is 5.75 Å². The van der Waals surface area contributed by atoms with Crippen LogP contribution in [0.15, 0.2) is 48.5 Å². The zero-order valence-corrected chi connectivity index (χ0v) is 10.4. The molecule has 0 saturated heterocycles. The lowest BCUT2D eigenvalue weighted by atomic mass is 10.2. The Balaban J connectivity index is 2.25. The van der Waals surface area contributed by atoms with Crippen LogP contribution in [0, 0.1) is 10.1 Å². The van der Waals surface area contributed by atoms with Gasteiger partial charge < -0.3 is 9.47 Å².